The monoisotopic (exact) mass is 276 g/mol. The van der Waals surface area contributed by atoms with Crippen molar-refractivity contribution < 1.29 is 9.53 Å². The van der Waals surface area contributed by atoms with Gasteiger partial charge in [-0.3, -0.25) is 5.32 Å². The van der Waals surface area contributed by atoms with E-state index >= 15 is 0 Å². The first-order valence-corrected chi connectivity index (χ1v) is 7.37. The third kappa shape index (κ3) is 3.81. The smallest absolute Gasteiger partial charge is 0.327 e. The highest BCUT2D eigenvalue weighted by molar-refractivity contribution is 5.77. The number of nitrogens with one attached hydrogen (secondary N) is 1. The van der Waals surface area contributed by atoms with Gasteiger partial charge in [0.15, 0.2) is 0 Å². The van der Waals surface area contributed by atoms with E-state index in [1.165, 1.54) is 12.8 Å². The minimum atomic E-state index is -0.370. The van der Waals surface area contributed by atoms with E-state index in [9.17, 15) is 4.79 Å². The number of carbonyl (C=O) groups excluding carboxylic acids is 1. The fourth-order valence-electron chi connectivity index (χ4n) is 2.70. The Kier molecular flexibility index (Phi) is 5.56. The lowest BCUT2D eigenvalue weighted by Crippen LogP contribution is -2.40. The minimum absolute atomic E-state index is 0.195. The van der Waals surface area contributed by atoms with E-state index in [0.29, 0.717) is 12.6 Å². The van der Waals surface area contributed by atoms with Crippen LogP contribution in [-0.4, -0.2) is 43.7 Å². The molecule has 2 rings (SSSR count). The van der Waals surface area contributed by atoms with Crippen molar-refractivity contribution in [3.05, 3.63) is 35.9 Å². The van der Waals surface area contributed by atoms with Crippen molar-refractivity contribution in [3.8, 4) is 0 Å². The van der Waals surface area contributed by atoms with Crippen LogP contribution >= 0.6 is 0 Å². The Hall–Kier alpha value is -1.39. The molecular formula is C16H24N2O2. The fourth-order valence-corrected chi connectivity index (χ4v) is 2.70. The molecule has 1 heterocycles. The Bertz CT molecular complexity index is 422. The molecule has 1 aliphatic rings. The topological polar surface area (TPSA) is 41.6 Å². The predicted molar refractivity (Wildman–Crippen MR) is 79.5 cm³/mol. The van der Waals surface area contributed by atoms with Crippen LogP contribution in [0.15, 0.2) is 30.3 Å². The van der Waals surface area contributed by atoms with E-state index in [1.807, 2.05) is 37.3 Å². The Morgan fingerprint density at radius 1 is 1.45 bits per heavy atom. The van der Waals surface area contributed by atoms with Crippen LogP contribution in [0.1, 0.15) is 31.4 Å². The predicted octanol–water partition coefficient (Wildman–Crippen LogP) is 1.97. The maximum atomic E-state index is 12.1. The largest absolute Gasteiger partial charge is 0.465 e. The quantitative estimate of drug-likeness (QED) is 0.807. The van der Waals surface area contributed by atoms with E-state index < -0.39 is 0 Å². The summed E-state index contributed by atoms with van der Waals surface area (Å²) in [4.78, 5) is 14.5. The molecule has 0 radical (unpaired) electrons. The second kappa shape index (κ2) is 7.41. The molecular weight excluding hydrogens is 252 g/mol. The van der Waals surface area contributed by atoms with Crippen LogP contribution in [0.4, 0.5) is 0 Å². The molecule has 2 atom stereocenters. The highest BCUT2D eigenvalue weighted by atomic mass is 16.5. The number of ether oxygens (including phenoxy) is 1. The number of hydrogen-bond acceptors (Lipinski definition) is 4. The van der Waals surface area contributed by atoms with Gasteiger partial charge in [-0.15, -0.1) is 0 Å². The molecule has 2 unspecified atom stereocenters. The molecule has 20 heavy (non-hydrogen) atoms. The van der Waals surface area contributed by atoms with Gasteiger partial charge in [-0.05, 0) is 38.9 Å². The molecule has 1 aromatic rings. The SMILES string of the molecule is CCOC(=O)C(NCC1CCCN1C)c1ccccc1. The molecule has 110 valence electrons. The van der Waals surface area contributed by atoms with Crippen molar-refractivity contribution in [1.82, 2.24) is 10.2 Å². The van der Waals surface area contributed by atoms with Gasteiger partial charge in [0.05, 0.1) is 6.61 Å². The molecule has 1 aliphatic heterocycles. The van der Waals surface area contributed by atoms with Gasteiger partial charge in [0.1, 0.15) is 6.04 Å². The lowest BCUT2D eigenvalue weighted by Gasteiger charge is -2.23. The normalized spacial score (nSPS) is 20.8. The molecule has 1 aromatic carbocycles. The molecule has 1 saturated heterocycles. The summed E-state index contributed by atoms with van der Waals surface area (Å²) in [5, 5.41) is 3.38. The van der Waals surface area contributed by atoms with Crippen molar-refractivity contribution in [2.75, 3.05) is 26.7 Å². The minimum Gasteiger partial charge on any atom is -0.465 e. The molecule has 4 heteroatoms. The zero-order chi connectivity index (χ0) is 14.4. The van der Waals surface area contributed by atoms with Gasteiger partial charge in [-0.25, -0.2) is 4.79 Å². The molecule has 0 aliphatic carbocycles. The highest BCUT2D eigenvalue weighted by Gasteiger charge is 2.25. The summed E-state index contributed by atoms with van der Waals surface area (Å²) in [6.07, 6.45) is 2.42. The molecule has 0 aromatic heterocycles. The summed E-state index contributed by atoms with van der Waals surface area (Å²) in [6, 6.07) is 9.92. The Morgan fingerprint density at radius 2 is 2.20 bits per heavy atom. The van der Waals surface area contributed by atoms with Gasteiger partial charge in [0.2, 0.25) is 0 Å². The molecule has 0 amide bonds. The number of carbonyl (C=O) groups is 1. The average Bonchev–Trinajstić information content (AvgIpc) is 2.86. The van der Waals surface area contributed by atoms with Crippen LogP contribution in [0.2, 0.25) is 0 Å². The average molecular weight is 276 g/mol. The van der Waals surface area contributed by atoms with Crippen LogP contribution in [0.5, 0.6) is 0 Å². The molecule has 0 bridgehead atoms. The second-order valence-electron chi connectivity index (χ2n) is 5.28. The van der Waals surface area contributed by atoms with Gasteiger partial charge in [0.25, 0.3) is 0 Å². The summed E-state index contributed by atoms with van der Waals surface area (Å²) in [5.74, 6) is -0.195. The van der Waals surface area contributed by atoms with Gasteiger partial charge in [0, 0.05) is 12.6 Å². The van der Waals surface area contributed by atoms with Crippen molar-refractivity contribution in [2.24, 2.45) is 0 Å². The maximum absolute atomic E-state index is 12.1. The summed E-state index contributed by atoms with van der Waals surface area (Å²) in [5.41, 5.74) is 0.964. The van der Waals surface area contributed by atoms with E-state index in [0.717, 1.165) is 18.7 Å². The Labute approximate surface area is 121 Å². The van der Waals surface area contributed by atoms with Crippen LogP contribution in [0.3, 0.4) is 0 Å². The van der Waals surface area contributed by atoms with Crippen LogP contribution in [0.25, 0.3) is 0 Å². The van der Waals surface area contributed by atoms with Crippen molar-refractivity contribution in [1.29, 1.82) is 0 Å². The third-order valence-electron chi connectivity index (χ3n) is 3.88. The molecule has 1 N–H and O–H groups in total. The number of nitrogens with zero attached hydrogens (tertiary/aromatic N) is 1. The van der Waals surface area contributed by atoms with Crippen molar-refractivity contribution >= 4 is 5.97 Å². The van der Waals surface area contributed by atoms with Crippen LogP contribution < -0.4 is 5.32 Å². The van der Waals surface area contributed by atoms with Crippen molar-refractivity contribution in [3.63, 3.8) is 0 Å². The third-order valence-corrected chi connectivity index (χ3v) is 3.88. The lowest BCUT2D eigenvalue weighted by atomic mass is 10.1. The van der Waals surface area contributed by atoms with Gasteiger partial charge in [-0.2, -0.15) is 0 Å². The fraction of sp³-hybridized carbons (Fsp3) is 0.562. The van der Waals surface area contributed by atoms with Gasteiger partial charge >= 0.3 is 5.97 Å². The van der Waals surface area contributed by atoms with Gasteiger partial charge < -0.3 is 9.64 Å². The second-order valence-corrected chi connectivity index (χ2v) is 5.28. The number of benzene rings is 1. The van der Waals surface area contributed by atoms with Crippen LogP contribution in [0, 0.1) is 0 Å². The van der Waals surface area contributed by atoms with Crippen LogP contribution in [-0.2, 0) is 9.53 Å². The van der Waals surface area contributed by atoms with E-state index in [1.54, 1.807) is 0 Å². The first kappa shape index (κ1) is 15.0. The molecule has 0 spiro atoms. The summed E-state index contributed by atoms with van der Waals surface area (Å²) in [7, 11) is 2.14. The first-order valence-electron chi connectivity index (χ1n) is 7.37. The van der Waals surface area contributed by atoms with E-state index in [-0.39, 0.29) is 12.0 Å². The van der Waals surface area contributed by atoms with E-state index in [2.05, 4.69) is 17.3 Å². The highest BCUT2D eigenvalue weighted by Crippen LogP contribution is 2.18. The van der Waals surface area contributed by atoms with Crippen molar-refractivity contribution in [2.45, 2.75) is 31.8 Å². The number of rotatable bonds is 6. The Morgan fingerprint density at radius 3 is 2.80 bits per heavy atom. The number of hydrogen-bond donors (Lipinski definition) is 1. The first-order chi connectivity index (χ1) is 9.72. The number of likely N-dealkylation sites (N-methyl/N-ethyl adjacent to an activating group) is 1. The molecule has 0 saturated carbocycles. The summed E-state index contributed by atoms with van der Waals surface area (Å²) < 4.78 is 5.19. The summed E-state index contributed by atoms with van der Waals surface area (Å²) >= 11 is 0. The van der Waals surface area contributed by atoms with E-state index in [4.69, 9.17) is 4.74 Å². The number of esters is 1. The van der Waals surface area contributed by atoms with Gasteiger partial charge in [-0.1, -0.05) is 30.3 Å². The number of likely N-dealkylation sites (tertiary alicyclic amines) is 1. The zero-order valence-corrected chi connectivity index (χ0v) is 12.3. The molecule has 1 fully saturated rings. The standard InChI is InChI=1S/C16H24N2O2/c1-3-20-16(19)15(13-8-5-4-6-9-13)17-12-14-10-7-11-18(14)2/h4-6,8-9,14-15,17H,3,7,10-12H2,1-2H3. The Balaban J connectivity index is 2.01. The zero-order valence-electron chi connectivity index (χ0n) is 12.3. The lowest BCUT2D eigenvalue weighted by molar-refractivity contribution is -0.145. The molecule has 4 nitrogen and oxygen atoms in total. The summed E-state index contributed by atoms with van der Waals surface area (Å²) in [6.45, 7) is 4.20. The maximum Gasteiger partial charge on any atom is 0.327 e.